The minimum atomic E-state index is -0.0469. The van der Waals surface area contributed by atoms with Crippen LogP contribution in [0.1, 0.15) is 20.3 Å². The van der Waals surface area contributed by atoms with E-state index >= 15 is 0 Å². The average Bonchev–Trinajstić information content (AvgIpc) is 2.20. The van der Waals surface area contributed by atoms with Gasteiger partial charge in [0.15, 0.2) is 5.75 Å². The lowest BCUT2D eigenvalue weighted by molar-refractivity contribution is 0.270. The van der Waals surface area contributed by atoms with Crippen molar-refractivity contribution in [3.05, 3.63) is 24.3 Å². The molecule has 0 unspecified atom stereocenters. The molecule has 0 aromatic heterocycles. The SMILES string of the molecule is CC(C)NCCCOc1ccccc1[O]. The summed E-state index contributed by atoms with van der Waals surface area (Å²) in [4.78, 5) is 0. The maximum atomic E-state index is 11.3. The largest absolute Gasteiger partial charge is 0.489 e. The highest BCUT2D eigenvalue weighted by molar-refractivity contribution is 5.37. The standard InChI is InChI=1S/C12H18NO2/c1-10(2)13-8-5-9-15-12-7-4-3-6-11(12)14/h3-4,6-7,10,13H,5,8-9H2,1-2H3. The summed E-state index contributed by atoms with van der Waals surface area (Å²) in [6, 6.07) is 7.25. The third-order valence-electron chi connectivity index (χ3n) is 1.98. The van der Waals surface area contributed by atoms with E-state index in [1.54, 1.807) is 12.1 Å². The van der Waals surface area contributed by atoms with Crippen LogP contribution in [0.3, 0.4) is 0 Å². The summed E-state index contributed by atoms with van der Waals surface area (Å²) in [5, 5.41) is 14.5. The zero-order valence-corrected chi connectivity index (χ0v) is 9.32. The zero-order valence-electron chi connectivity index (χ0n) is 9.32. The second-order valence-electron chi connectivity index (χ2n) is 3.76. The highest BCUT2D eigenvalue weighted by Gasteiger charge is 2.01. The monoisotopic (exact) mass is 208 g/mol. The number of ether oxygens (including phenoxy) is 1. The molecule has 1 rings (SSSR count). The summed E-state index contributed by atoms with van der Waals surface area (Å²) in [7, 11) is 0. The summed E-state index contributed by atoms with van der Waals surface area (Å²) >= 11 is 0. The molecule has 0 atom stereocenters. The van der Waals surface area contributed by atoms with Crippen LogP contribution < -0.4 is 10.1 Å². The Hall–Kier alpha value is -1.22. The van der Waals surface area contributed by atoms with Gasteiger partial charge in [0, 0.05) is 6.04 Å². The van der Waals surface area contributed by atoms with Gasteiger partial charge in [0.1, 0.15) is 0 Å². The fourth-order valence-corrected chi connectivity index (χ4v) is 1.21. The van der Waals surface area contributed by atoms with E-state index in [2.05, 4.69) is 19.2 Å². The fraction of sp³-hybridized carbons (Fsp3) is 0.500. The van der Waals surface area contributed by atoms with Crippen molar-refractivity contribution in [3.8, 4) is 11.5 Å². The van der Waals surface area contributed by atoms with E-state index in [-0.39, 0.29) is 5.75 Å². The Bertz CT molecular complexity index is 287. The molecule has 0 spiro atoms. The van der Waals surface area contributed by atoms with E-state index in [1.165, 1.54) is 6.07 Å². The Balaban J connectivity index is 2.18. The molecule has 1 N–H and O–H groups in total. The van der Waals surface area contributed by atoms with Gasteiger partial charge in [-0.05, 0) is 25.1 Å². The predicted molar refractivity (Wildman–Crippen MR) is 59.8 cm³/mol. The molecule has 0 aliphatic carbocycles. The predicted octanol–water partition coefficient (Wildman–Crippen LogP) is 2.60. The van der Waals surface area contributed by atoms with E-state index in [9.17, 15) is 5.11 Å². The molecule has 3 nitrogen and oxygen atoms in total. The van der Waals surface area contributed by atoms with Crippen LogP contribution in [0.2, 0.25) is 0 Å². The van der Waals surface area contributed by atoms with Gasteiger partial charge < -0.3 is 10.1 Å². The summed E-state index contributed by atoms with van der Waals surface area (Å²) in [5.74, 6) is 0.399. The van der Waals surface area contributed by atoms with Gasteiger partial charge in [-0.2, -0.15) is 0 Å². The number of benzene rings is 1. The molecule has 3 heteroatoms. The summed E-state index contributed by atoms with van der Waals surface area (Å²) in [6.07, 6.45) is 0.909. The van der Waals surface area contributed by atoms with Crippen LogP contribution >= 0.6 is 0 Å². The van der Waals surface area contributed by atoms with E-state index in [0.29, 0.717) is 18.4 Å². The summed E-state index contributed by atoms with van der Waals surface area (Å²) in [6.45, 7) is 5.71. The maximum absolute atomic E-state index is 11.3. The Labute approximate surface area is 91.1 Å². The number of hydrogen-bond donors (Lipinski definition) is 1. The first kappa shape index (κ1) is 11.9. The zero-order chi connectivity index (χ0) is 11.1. The van der Waals surface area contributed by atoms with E-state index < -0.39 is 0 Å². The Morgan fingerprint density at radius 1 is 1.33 bits per heavy atom. The maximum Gasteiger partial charge on any atom is 0.220 e. The lowest BCUT2D eigenvalue weighted by Gasteiger charge is -2.09. The smallest absolute Gasteiger partial charge is 0.220 e. The van der Waals surface area contributed by atoms with Crippen molar-refractivity contribution in [3.63, 3.8) is 0 Å². The average molecular weight is 208 g/mol. The van der Waals surface area contributed by atoms with Gasteiger partial charge in [0.25, 0.3) is 0 Å². The molecule has 83 valence electrons. The van der Waals surface area contributed by atoms with Crippen molar-refractivity contribution >= 4 is 0 Å². The molecular formula is C12H18NO2. The molecule has 0 amide bonds. The number of nitrogens with one attached hydrogen (secondary N) is 1. The second kappa shape index (κ2) is 6.30. The first-order valence-electron chi connectivity index (χ1n) is 5.32. The minimum absolute atomic E-state index is 0.0469. The Morgan fingerprint density at radius 3 is 2.73 bits per heavy atom. The van der Waals surface area contributed by atoms with Gasteiger partial charge in [-0.3, -0.25) is 5.11 Å². The lowest BCUT2D eigenvalue weighted by atomic mass is 10.3. The fourth-order valence-electron chi connectivity index (χ4n) is 1.21. The van der Waals surface area contributed by atoms with Crippen LogP contribution in [-0.2, 0) is 5.11 Å². The normalized spacial score (nSPS) is 10.6. The first-order chi connectivity index (χ1) is 7.20. The molecular weight excluding hydrogens is 190 g/mol. The number of para-hydroxylation sites is 2. The molecule has 0 bridgehead atoms. The molecule has 0 aliphatic rings. The molecule has 1 radical (unpaired) electrons. The highest BCUT2D eigenvalue weighted by Crippen LogP contribution is 2.24. The van der Waals surface area contributed by atoms with Crippen LogP contribution in [0.5, 0.6) is 11.5 Å². The first-order valence-corrected chi connectivity index (χ1v) is 5.32. The molecule has 0 saturated carbocycles. The summed E-state index contributed by atoms with van der Waals surface area (Å²) < 4.78 is 5.37. The third-order valence-corrected chi connectivity index (χ3v) is 1.98. The van der Waals surface area contributed by atoms with Crippen molar-refractivity contribution in [1.29, 1.82) is 0 Å². The Morgan fingerprint density at radius 2 is 2.07 bits per heavy atom. The van der Waals surface area contributed by atoms with E-state index in [1.807, 2.05) is 6.07 Å². The molecule has 0 heterocycles. The van der Waals surface area contributed by atoms with Gasteiger partial charge in [-0.25, -0.2) is 0 Å². The third kappa shape index (κ3) is 4.70. The quantitative estimate of drug-likeness (QED) is 0.730. The van der Waals surface area contributed by atoms with E-state index in [4.69, 9.17) is 4.74 Å². The molecule has 1 aromatic carbocycles. The van der Waals surface area contributed by atoms with Crippen molar-refractivity contribution < 1.29 is 9.84 Å². The van der Waals surface area contributed by atoms with E-state index in [0.717, 1.165) is 13.0 Å². The lowest BCUT2D eigenvalue weighted by Crippen LogP contribution is -2.24. The van der Waals surface area contributed by atoms with Crippen molar-refractivity contribution in [2.75, 3.05) is 13.2 Å². The minimum Gasteiger partial charge on any atom is -0.489 e. The van der Waals surface area contributed by atoms with Crippen LogP contribution in [0.15, 0.2) is 24.3 Å². The van der Waals surface area contributed by atoms with Crippen LogP contribution in [0.25, 0.3) is 0 Å². The number of hydrogen-bond acceptors (Lipinski definition) is 2. The highest BCUT2D eigenvalue weighted by atomic mass is 16.5. The molecule has 15 heavy (non-hydrogen) atoms. The van der Waals surface area contributed by atoms with Gasteiger partial charge in [-0.1, -0.05) is 26.0 Å². The van der Waals surface area contributed by atoms with Gasteiger partial charge in [0.05, 0.1) is 6.61 Å². The molecule has 0 aliphatic heterocycles. The van der Waals surface area contributed by atoms with Crippen molar-refractivity contribution in [1.82, 2.24) is 5.32 Å². The molecule has 0 saturated heterocycles. The number of rotatable bonds is 6. The summed E-state index contributed by atoms with van der Waals surface area (Å²) in [5.41, 5.74) is 0. The van der Waals surface area contributed by atoms with Gasteiger partial charge >= 0.3 is 0 Å². The Kier molecular flexibility index (Phi) is 4.98. The van der Waals surface area contributed by atoms with Gasteiger partial charge in [-0.15, -0.1) is 0 Å². The van der Waals surface area contributed by atoms with Crippen LogP contribution in [0, 0.1) is 0 Å². The topological polar surface area (TPSA) is 41.2 Å². The van der Waals surface area contributed by atoms with Crippen LogP contribution in [0.4, 0.5) is 0 Å². The van der Waals surface area contributed by atoms with Gasteiger partial charge in [0.2, 0.25) is 5.75 Å². The van der Waals surface area contributed by atoms with Crippen molar-refractivity contribution in [2.24, 2.45) is 0 Å². The second-order valence-corrected chi connectivity index (χ2v) is 3.76. The molecule has 1 aromatic rings. The van der Waals surface area contributed by atoms with Crippen molar-refractivity contribution in [2.45, 2.75) is 26.3 Å². The van der Waals surface area contributed by atoms with Crippen LogP contribution in [-0.4, -0.2) is 19.2 Å². The molecule has 0 fully saturated rings.